The quantitative estimate of drug-likeness (QED) is 0.453. The normalized spacial score (nSPS) is 11.4. The van der Waals surface area contributed by atoms with Gasteiger partial charge in [0.2, 0.25) is 5.91 Å². The van der Waals surface area contributed by atoms with Crippen LogP contribution in [0.2, 0.25) is 0 Å². The van der Waals surface area contributed by atoms with E-state index >= 15 is 0 Å². The summed E-state index contributed by atoms with van der Waals surface area (Å²) in [6, 6.07) is 8.72. The summed E-state index contributed by atoms with van der Waals surface area (Å²) in [7, 11) is 1.50. The number of amides is 1. The molecule has 1 aromatic carbocycles. The van der Waals surface area contributed by atoms with Crippen molar-refractivity contribution in [2.75, 3.05) is 24.4 Å². The Morgan fingerprint density at radius 2 is 1.97 bits per heavy atom. The monoisotopic (exact) mass is 425 g/mol. The Kier molecular flexibility index (Phi) is 10.1. The van der Waals surface area contributed by atoms with E-state index in [1.54, 1.807) is 0 Å². The summed E-state index contributed by atoms with van der Waals surface area (Å²) >= 11 is 0. The third kappa shape index (κ3) is 6.74. The summed E-state index contributed by atoms with van der Waals surface area (Å²) in [5.41, 5.74) is 5.67. The van der Waals surface area contributed by atoms with Crippen molar-refractivity contribution in [3.8, 4) is 0 Å². The van der Waals surface area contributed by atoms with Gasteiger partial charge in [0.05, 0.1) is 19.2 Å². The molecule has 1 unspecified atom stereocenters. The minimum Gasteiger partial charge on any atom is -0.383 e. The van der Waals surface area contributed by atoms with E-state index in [0.717, 1.165) is 12.0 Å². The second kappa shape index (κ2) is 12.1. The molecule has 0 spiro atoms. The largest absolute Gasteiger partial charge is 0.383 e. The van der Waals surface area contributed by atoms with E-state index < -0.39 is 23.2 Å². The lowest BCUT2D eigenvalue weighted by atomic mass is 10.1. The fraction of sp³-hybridized carbons (Fsp3) is 0.421. The number of nitrogens with zero attached hydrogens (tertiary/aromatic N) is 1. The molecular formula is C19H28ClN5O4. The van der Waals surface area contributed by atoms with E-state index in [0.29, 0.717) is 13.0 Å². The number of anilines is 2. The highest BCUT2D eigenvalue weighted by Crippen LogP contribution is 2.17. The molecule has 0 saturated heterocycles. The predicted octanol–water partition coefficient (Wildman–Crippen LogP) is 1.28. The van der Waals surface area contributed by atoms with Gasteiger partial charge in [0.15, 0.2) is 0 Å². The van der Waals surface area contributed by atoms with Gasteiger partial charge in [-0.3, -0.25) is 19.1 Å². The summed E-state index contributed by atoms with van der Waals surface area (Å²) in [6.45, 7) is 2.65. The molecule has 0 saturated carbocycles. The minimum absolute atomic E-state index is 0. The number of nitrogens with one attached hydrogen (secondary N) is 3. The third-order valence-electron chi connectivity index (χ3n) is 4.21. The molecule has 2 aromatic rings. The van der Waals surface area contributed by atoms with Crippen molar-refractivity contribution in [3.63, 3.8) is 0 Å². The van der Waals surface area contributed by atoms with Gasteiger partial charge in [-0.15, -0.1) is 12.4 Å². The number of H-pyrrole nitrogens is 1. The standard InChI is InChI=1S/C19H27N5O4.ClH/c1-3-7-14(20)17(25)22-16-15(21-12-13-8-5-4-6-9-13)18(26)23-19(27)24(16)10-11-28-2;/h4-6,8-9,14,21H,3,7,10-12,20H2,1-2H3,(H,22,25)(H,23,26,27);1H. The summed E-state index contributed by atoms with van der Waals surface area (Å²) in [4.78, 5) is 39.5. The molecule has 1 amide bonds. The highest BCUT2D eigenvalue weighted by molar-refractivity contribution is 5.96. The summed E-state index contributed by atoms with van der Waals surface area (Å²) < 4.78 is 6.30. The smallest absolute Gasteiger partial charge is 0.330 e. The molecule has 5 N–H and O–H groups in total. The van der Waals surface area contributed by atoms with Crippen LogP contribution in [0.4, 0.5) is 11.5 Å². The Labute approximate surface area is 175 Å². The maximum atomic E-state index is 12.5. The van der Waals surface area contributed by atoms with Gasteiger partial charge in [-0.2, -0.15) is 0 Å². The summed E-state index contributed by atoms with van der Waals surface area (Å²) in [5.74, 6) is -0.376. The molecule has 2 rings (SSSR count). The number of carbonyl (C=O) groups excluding carboxylic acids is 1. The summed E-state index contributed by atoms with van der Waals surface area (Å²) in [5, 5.41) is 5.67. The number of aromatic nitrogens is 2. The van der Waals surface area contributed by atoms with E-state index in [-0.39, 0.29) is 37.1 Å². The predicted molar refractivity (Wildman–Crippen MR) is 116 cm³/mol. The number of aromatic amines is 1. The number of carbonyl (C=O) groups is 1. The number of hydrogen-bond acceptors (Lipinski definition) is 6. The van der Waals surface area contributed by atoms with Crippen LogP contribution in [-0.2, 0) is 22.6 Å². The van der Waals surface area contributed by atoms with Crippen molar-refractivity contribution >= 4 is 29.8 Å². The van der Waals surface area contributed by atoms with Crippen molar-refractivity contribution in [3.05, 3.63) is 56.7 Å². The van der Waals surface area contributed by atoms with Gasteiger partial charge in [0.1, 0.15) is 11.5 Å². The molecule has 29 heavy (non-hydrogen) atoms. The van der Waals surface area contributed by atoms with Gasteiger partial charge in [0.25, 0.3) is 5.56 Å². The van der Waals surface area contributed by atoms with E-state index in [9.17, 15) is 14.4 Å². The van der Waals surface area contributed by atoms with Gasteiger partial charge in [-0.05, 0) is 12.0 Å². The zero-order chi connectivity index (χ0) is 20.5. The van der Waals surface area contributed by atoms with Gasteiger partial charge in [-0.1, -0.05) is 43.7 Å². The Morgan fingerprint density at radius 1 is 1.28 bits per heavy atom. The number of benzene rings is 1. The maximum Gasteiger partial charge on any atom is 0.330 e. The van der Waals surface area contributed by atoms with Gasteiger partial charge in [0, 0.05) is 13.7 Å². The fourth-order valence-corrected chi connectivity index (χ4v) is 2.70. The zero-order valence-corrected chi connectivity index (χ0v) is 17.4. The second-order valence-corrected chi connectivity index (χ2v) is 6.35. The molecule has 1 atom stereocenters. The first-order valence-corrected chi connectivity index (χ1v) is 9.18. The van der Waals surface area contributed by atoms with Crippen molar-refractivity contribution in [1.29, 1.82) is 0 Å². The zero-order valence-electron chi connectivity index (χ0n) is 16.6. The topological polar surface area (TPSA) is 131 Å². The Bertz CT molecular complexity index is 898. The molecule has 0 fully saturated rings. The van der Waals surface area contributed by atoms with E-state index in [4.69, 9.17) is 10.5 Å². The molecule has 1 heterocycles. The molecule has 0 radical (unpaired) electrons. The highest BCUT2D eigenvalue weighted by atomic mass is 35.5. The first-order valence-electron chi connectivity index (χ1n) is 9.18. The number of rotatable bonds is 10. The van der Waals surface area contributed by atoms with Crippen molar-refractivity contribution in [2.24, 2.45) is 5.73 Å². The molecule has 0 bridgehead atoms. The number of hydrogen-bond donors (Lipinski definition) is 4. The van der Waals surface area contributed by atoms with Crippen LogP contribution in [0.15, 0.2) is 39.9 Å². The minimum atomic E-state index is -0.739. The molecular weight excluding hydrogens is 398 g/mol. The van der Waals surface area contributed by atoms with Crippen LogP contribution >= 0.6 is 12.4 Å². The van der Waals surface area contributed by atoms with Crippen LogP contribution in [0.1, 0.15) is 25.3 Å². The van der Waals surface area contributed by atoms with Crippen LogP contribution in [0.5, 0.6) is 0 Å². The Morgan fingerprint density at radius 3 is 2.59 bits per heavy atom. The fourth-order valence-electron chi connectivity index (χ4n) is 2.70. The number of ether oxygens (including phenoxy) is 1. The Balaban J connectivity index is 0.00000420. The average Bonchev–Trinajstić information content (AvgIpc) is 2.68. The molecule has 0 aliphatic carbocycles. The third-order valence-corrected chi connectivity index (χ3v) is 4.21. The van der Waals surface area contributed by atoms with Crippen LogP contribution < -0.4 is 27.6 Å². The van der Waals surface area contributed by atoms with E-state index in [2.05, 4.69) is 15.6 Å². The SMILES string of the molecule is CCCC(N)C(=O)Nc1c(NCc2ccccc2)c(=O)[nH]c(=O)n1CCOC.Cl. The first kappa shape index (κ1) is 24.4. The van der Waals surface area contributed by atoms with Crippen LogP contribution in [0.3, 0.4) is 0 Å². The van der Waals surface area contributed by atoms with Crippen LogP contribution in [0.25, 0.3) is 0 Å². The highest BCUT2D eigenvalue weighted by Gasteiger charge is 2.20. The maximum absolute atomic E-state index is 12.5. The molecule has 0 aliphatic rings. The number of nitrogens with two attached hydrogens (primary N) is 1. The van der Waals surface area contributed by atoms with Crippen molar-refractivity contribution in [1.82, 2.24) is 9.55 Å². The molecule has 0 aliphatic heterocycles. The van der Waals surface area contributed by atoms with Crippen molar-refractivity contribution in [2.45, 2.75) is 38.9 Å². The molecule has 9 nitrogen and oxygen atoms in total. The lowest BCUT2D eigenvalue weighted by Crippen LogP contribution is -2.40. The number of halogens is 1. The lowest BCUT2D eigenvalue weighted by molar-refractivity contribution is -0.117. The van der Waals surface area contributed by atoms with E-state index in [1.165, 1.54) is 11.7 Å². The van der Waals surface area contributed by atoms with Crippen molar-refractivity contribution < 1.29 is 9.53 Å². The van der Waals surface area contributed by atoms with Crippen LogP contribution in [-0.4, -0.2) is 35.2 Å². The lowest BCUT2D eigenvalue weighted by Gasteiger charge is -2.19. The van der Waals surface area contributed by atoms with Gasteiger partial charge < -0.3 is 21.1 Å². The molecule has 10 heteroatoms. The van der Waals surface area contributed by atoms with Crippen LogP contribution in [0, 0.1) is 0 Å². The average molecular weight is 426 g/mol. The van der Waals surface area contributed by atoms with Gasteiger partial charge >= 0.3 is 5.69 Å². The van der Waals surface area contributed by atoms with Gasteiger partial charge in [-0.25, -0.2) is 4.79 Å². The molecule has 1 aromatic heterocycles. The Hall–Kier alpha value is -2.62. The first-order chi connectivity index (χ1) is 13.5. The second-order valence-electron chi connectivity index (χ2n) is 6.35. The van der Waals surface area contributed by atoms with E-state index in [1.807, 2.05) is 37.3 Å². The molecule has 160 valence electrons. The summed E-state index contributed by atoms with van der Waals surface area (Å²) in [6.07, 6.45) is 1.23. The number of methoxy groups -OCH3 is 1.